The lowest BCUT2D eigenvalue weighted by Gasteiger charge is -2.28. The molecule has 0 bridgehead atoms. The van der Waals surface area contributed by atoms with Crippen LogP contribution in [0.2, 0.25) is 0 Å². The highest BCUT2D eigenvalue weighted by Crippen LogP contribution is 2.24. The van der Waals surface area contributed by atoms with E-state index in [0.29, 0.717) is 12.3 Å². The Kier molecular flexibility index (Phi) is 7.30. The van der Waals surface area contributed by atoms with Crippen LogP contribution >= 0.6 is 0 Å². The number of benzene rings is 2. The fraction of sp³-hybridized carbons (Fsp3) is 0.409. The fourth-order valence-electron chi connectivity index (χ4n) is 3.02. The van der Waals surface area contributed by atoms with Gasteiger partial charge in [-0.2, -0.15) is 0 Å². The predicted octanol–water partition coefficient (Wildman–Crippen LogP) is 3.27. The van der Waals surface area contributed by atoms with Gasteiger partial charge in [-0.05, 0) is 75.1 Å². The molecule has 2 aromatic carbocycles. The first-order valence-corrected chi connectivity index (χ1v) is 11.4. The molecule has 1 atom stereocenters. The summed E-state index contributed by atoms with van der Waals surface area (Å²) in [5, 5.41) is 2.77. The summed E-state index contributed by atoms with van der Waals surface area (Å²) in [6.45, 7) is 9.97. The van der Waals surface area contributed by atoms with Crippen LogP contribution in [0.3, 0.4) is 0 Å². The van der Waals surface area contributed by atoms with Crippen molar-refractivity contribution < 1.29 is 17.9 Å². The van der Waals surface area contributed by atoms with Crippen molar-refractivity contribution in [2.24, 2.45) is 0 Å². The first kappa shape index (κ1) is 22.7. The van der Waals surface area contributed by atoms with E-state index in [4.69, 9.17) is 4.74 Å². The van der Waals surface area contributed by atoms with E-state index in [-0.39, 0.29) is 12.5 Å². The normalized spacial score (nSPS) is 12.3. The van der Waals surface area contributed by atoms with Crippen LogP contribution < -0.4 is 14.4 Å². The van der Waals surface area contributed by atoms with Crippen molar-refractivity contribution in [3.05, 3.63) is 58.7 Å². The molecule has 0 radical (unpaired) electrons. The van der Waals surface area contributed by atoms with Crippen molar-refractivity contribution in [2.45, 2.75) is 40.7 Å². The van der Waals surface area contributed by atoms with Crippen LogP contribution in [0.5, 0.6) is 5.75 Å². The Morgan fingerprint density at radius 3 is 2.31 bits per heavy atom. The summed E-state index contributed by atoms with van der Waals surface area (Å²) in [5.41, 5.74) is 4.62. The summed E-state index contributed by atoms with van der Waals surface area (Å²) in [7, 11) is -3.63. The number of sulfonamides is 1. The van der Waals surface area contributed by atoms with Gasteiger partial charge in [-0.15, -0.1) is 0 Å². The number of aryl methyl sites for hydroxylation is 4. The zero-order chi connectivity index (χ0) is 21.8. The highest BCUT2D eigenvalue weighted by Gasteiger charge is 2.29. The Morgan fingerprint density at radius 1 is 1.03 bits per heavy atom. The highest BCUT2D eigenvalue weighted by atomic mass is 32.2. The zero-order valence-corrected chi connectivity index (χ0v) is 18.8. The number of carbonyl (C=O) groups excluding carboxylic acids is 1. The van der Waals surface area contributed by atoms with Gasteiger partial charge in [0.2, 0.25) is 15.9 Å². The molecular formula is C22H30N2O4S. The summed E-state index contributed by atoms with van der Waals surface area (Å²) in [5.74, 6) is 0.401. The number of ether oxygens (including phenoxy) is 1. The third-order valence-electron chi connectivity index (χ3n) is 4.84. The monoisotopic (exact) mass is 418 g/mol. The number of hydrogen-bond acceptors (Lipinski definition) is 4. The molecule has 0 aliphatic carbocycles. The van der Waals surface area contributed by atoms with E-state index in [1.54, 1.807) is 19.1 Å². The highest BCUT2D eigenvalue weighted by molar-refractivity contribution is 7.92. The van der Waals surface area contributed by atoms with Gasteiger partial charge in [-0.3, -0.25) is 9.10 Å². The van der Waals surface area contributed by atoms with Gasteiger partial charge >= 0.3 is 0 Å². The van der Waals surface area contributed by atoms with Crippen molar-refractivity contribution >= 4 is 21.6 Å². The molecule has 7 heteroatoms. The summed E-state index contributed by atoms with van der Waals surface area (Å²) < 4.78 is 31.7. The number of amides is 1. The van der Waals surface area contributed by atoms with Gasteiger partial charge in [-0.1, -0.05) is 18.2 Å². The van der Waals surface area contributed by atoms with Crippen molar-refractivity contribution in [1.29, 1.82) is 0 Å². The molecule has 0 aliphatic rings. The van der Waals surface area contributed by atoms with E-state index in [1.165, 1.54) is 0 Å². The predicted molar refractivity (Wildman–Crippen MR) is 117 cm³/mol. The first-order valence-electron chi connectivity index (χ1n) is 9.55. The standard InChI is InChI=1S/C22H30N2O4S/c1-15-7-8-17(3)21(13-15)28-12-11-23-22(25)19(5)24(29(6,26)27)20-10-9-16(2)18(4)14-20/h7-10,13-14,19H,11-12H2,1-6H3,(H,23,25). The van der Waals surface area contributed by atoms with E-state index < -0.39 is 16.1 Å². The Morgan fingerprint density at radius 2 is 1.69 bits per heavy atom. The number of nitrogens with zero attached hydrogens (tertiary/aromatic N) is 1. The Balaban J connectivity index is 2.03. The molecule has 1 amide bonds. The number of rotatable bonds is 8. The quantitative estimate of drug-likeness (QED) is 0.668. The molecule has 2 aromatic rings. The number of nitrogens with one attached hydrogen (secondary N) is 1. The maximum atomic E-state index is 12.6. The van der Waals surface area contributed by atoms with Crippen molar-refractivity contribution in [1.82, 2.24) is 5.32 Å². The zero-order valence-electron chi connectivity index (χ0n) is 17.9. The fourth-order valence-corrected chi connectivity index (χ4v) is 4.18. The summed E-state index contributed by atoms with van der Waals surface area (Å²) in [4.78, 5) is 12.6. The molecule has 0 spiro atoms. The van der Waals surface area contributed by atoms with Crippen molar-refractivity contribution in [2.75, 3.05) is 23.7 Å². The lowest BCUT2D eigenvalue weighted by molar-refractivity contribution is -0.121. The molecule has 158 valence electrons. The molecule has 0 aliphatic heterocycles. The second kappa shape index (κ2) is 9.31. The topological polar surface area (TPSA) is 75.7 Å². The molecule has 0 heterocycles. The SMILES string of the molecule is Cc1ccc(C)c(OCCNC(=O)C(C)N(c2ccc(C)c(C)c2)S(C)(=O)=O)c1. The van der Waals surface area contributed by atoms with Crippen LogP contribution in [0.1, 0.15) is 29.2 Å². The van der Waals surface area contributed by atoms with Gasteiger partial charge in [0.25, 0.3) is 0 Å². The number of carbonyl (C=O) groups is 1. The maximum Gasteiger partial charge on any atom is 0.243 e. The van der Waals surface area contributed by atoms with Crippen LogP contribution in [0.25, 0.3) is 0 Å². The molecule has 0 aromatic heterocycles. The average Bonchev–Trinajstić information content (AvgIpc) is 2.63. The van der Waals surface area contributed by atoms with Crippen LogP contribution in [-0.2, 0) is 14.8 Å². The van der Waals surface area contributed by atoms with Crippen LogP contribution in [0.4, 0.5) is 5.69 Å². The van der Waals surface area contributed by atoms with Gasteiger partial charge in [0.1, 0.15) is 18.4 Å². The average molecular weight is 419 g/mol. The Bertz CT molecular complexity index is 986. The summed E-state index contributed by atoms with van der Waals surface area (Å²) in [6, 6.07) is 10.4. The Labute approximate surface area is 173 Å². The van der Waals surface area contributed by atoms with Gasteiger partial charge in [0.15, 0.2) is 0 Å². The minimum absolute atomic E-state index is 0.279. The van der Waals surface area contributed by atoms with E-state index in [1.807, 2.05) is 52.0 Å². The smallest absolute Gasteiger partial charge is 0.243 e. The molecule has 6 nitrogen and oxygen atoms in total. The van der Waals surface area contributed by atoms with E-state index in [0.717, 1.165) is 38.6 Å². The summed E-state index contributed by atoms with van der Waals surface area (Å²) in [6.07, 6.45) is 1.11. The van der Waals surface area contributed by atoms with E-state index in [2.05, 4.69) is 5.32 Å². The molecule has 1 N–H and O–H groups in total. The van der Waals surface area contributed by atoms with Crippen LogP contribution in [-0.4, -0.2) is 39.8 Å². The molecule has 1 unspecified atom stereocenters. The number of anilines is 1. The Hall–Kier alpha value is -2.54. The van der Waals surface area contributed by atoms with E-state index >= 15 is 0 Å². The summed E-state index contributed by atoms with van der Waals surface area (Å²) >= 11 is 0. The van der Waals surface area contributed by atoms with Crippen LogP contribution in [0, 0.1) is 27.7 Å². The lowest BCUT2D eigenvalue weighted by Crippen LogP contribution is -2.48. The van der Waals surface area contributed by atoms with Crippen molar-refractivity contribution in [3.63, 3.8) is 0 Å². The van der Waals surface area contributed by atoms with Gasteiger partial charge in [0, 0.05) is 0 Å². The minimum atomic E-state index is -3.63. The molecular weight excluding hydrogens is 388 g/mol. The third-order valence-corrected chi connectivity index (χ3v) is 6.08. The third kappa shape index (κ3) is 5.97. The largest absolute Gasteiger partial charge is 0.491 e. The maximum absolute atomic E-state index is 12.6. The first-order chi connectivity index (χ1) is 13.5. The van der Waals surface area contributed by atoms with E-state index in [9.17, 15) is 13.2 Å². The second-order valence-electron chi connectivity index (χ2n) is 7.41. The molecule has 0 fully saturated rings. The number of hydrogen-bond donors (Lipinski definition) is 1. The van der Waals surface area contributed by atoms with Crippen molar-refractivity contribution in [3.8, 4) is 5.75 Å². The molecule has 2 rings (SSSR count). The van der Waals surface area contributed by atoms with Crippen LogP contribution in [0.15, 0.2) is 36.4 Å². The minimum Gasteiger partial charge on any atom is -0.491 e. The molecule has 0 saturated heterocycles. The molecule has 29 heavy (non-hydrogen) atoms. The molecule has 0 saturated carbocycles. The van der Waals surface area contributed by atoms with Gasteiger partial charge in [-0.25, -0.2) is 8.42 Å². The lowest BCUT2D eigenvalue weighted by atomic mass is 10.1. The second-order valence-corrected chi connectivity index (χ2v) is 9.27. The van der Waals surface area contributed by atoms with Gasteiger partial charge < -0.3 is 10.1 Å². The van der Waals surface area contributed by atoms with Gasteiger partial charge in [0.05, 0.1) is 18.5 Å².